The summed E-state index contributed by atoms with van der Waals surface area (Å²) in [6.45, 7) is 0. The highest BCUT2D eigenvalue weighted by atomic mass is 16.5. The summed E-state index contributed by atoms with van der Waals surface area (Å²) in [4.78, 5) is 36.4. The summed E-state index contributed by atoms with van der Waals surface area (Å²) >= 11 is 0. The van der Waals surface area contributed by atoms with Crippen LogP contribution in [0.25, 0.3) is 0 Å². The summed E-state index contributed by atoms with van der Waals surface area (Å²) in [5.74, 6) is -2.58. The highest BCUT2D eigenvalue weighted by molar-refractivity contribution is 5.96. The van der Waals surface area contributed by atoms with Crippen LogP contribution in [0.3, 0.4) is 0 Å². The van der Waals surface area contributed by atoms with Crippen LogP contribution in [0.4, 0.5) is 16.2 Å². The van der Waals surface area contributed by atoms with E-state index in [4.69, 9.17) is 0 Å². The maximum Gasteiger partial charge on any atom is 0.413 e. The molecule has 0 radical (unpaired) electrons. The van der Waals surface area contributed by atoms with Crippen molar-refractivity contribution in [2.75, 3.05) is 24.4 Å². The number of anilines is 2. The molecule has 0 saturated heterocycles. The fraction of sp³-hybridized carbons (Fsp3) is 0.353. The van der Waals surface area contributed by atoms with Crippen molar-refractivity contribution in [1.29, 1.82) is 0 Å². The van der Waals surface area contributed by atoms with E-state index >= 15 is 0 Å². The Morgan fingerprint density at radius 2 is 1.71 bits per heavy atom. The Morgan fingerprint density at radius 3 is 2.25 bits per heavy atom. The lowest BCUT2D eigenvalue weighted by molar-refractivity contribution is -0.146. The average Bonchev–Trinajstić information content (AvgIpc) is 2.61. The summed E-state index contributed by atoms with van der Waals surface area (Å²) in [5, 5.41) is 12.0. The molecule has 1 aromatic rings. The van der Waals surface area contributed by atoms with Crippen LogP contribution in [0.5, 0.6) is 0 Å². The molecule has 0 fully saturated rings. The smallest absolute Gasteiger partial charge is 0.413 e. The summed E-state index contributed by atoms with van der Waals surface area (Å²) in [5.41, 5.74) is 1.16. The molecule has 0 unspecified atom stereocenters. The topological polar surface area (TPSA) is 95.9 Å². The fourth-order valence-corrected chi connectivity index (χ4v) is 2.62. The SMILES string of the molecule is COC(=O)N(C)c1ccc(NC(=O)[C@@H]2CC=CC[C@H]2C(=O)O)cc1. The van der Waals surface area contributed by atoms with Gasteiger partial charge in [0, 0.05) is 18.4 Å². The molecule has 0 aliphatic heterocycles. The molecule has 24 heavy (non-hydrogen) atoms. The van der Waals surface area contributed by atoms with Crippen LogP contribution in [0.2, 0.25) is 0 Å². The van der Waals surface area contributed by atoms with Gasteiger partial charge >= 0.3 is 12.1 Å². The van der Waals surface area contributed by atoms with Gasteiger partial charge in [0.05, 0.1) is 18.9 Å². The van der Waals surface area contributed by atoms with Gasteiger partial charge in [0.2, 0.25) is 5.91 Å². The maximum atomic E-state index is 12.4. The summed E-state index contributed by atoms with van der Waals surface area (Å²) in [6.07, 6.45) is 3.89. The van der Waals surface area contributed by atoms with Crippen LogP contribution in [0, 0.1) is 11.8 Å². The molecule has 7 nitrogen and oxygen atoms in total. The Balaban J connectivity index is 2.05. The van der Waals surface area contributed by atoms with Crippen LogP contribution >= 0.6 is 0 Å². The van der Waals surface area contributed by atoms with Gasteiger partial charge in [-0.15, -0.1) is 0 Å². The quantitative estimate of drug-likeness (QED) is 0.826. The normalized spacial score (nSPS) is 19.4. The second kappa shape index (κ2) is 7.63. The molecular weight excluding hydrogens is 312 g/mol. The number of aliphatic carboxylic acids is 1. The zero-order valence-corrected chi connectivity index (χ0v) is 13.6. The van der Waals surface area contributed by atoms with Crippen molar-refractivity contribution in [3.8, 4) is 0 Å². The van der Waals surface area contributed by atoms with E-state index in [1.165, 1.54) is 12.0 Å². The number of amides is 2. The van der Waals surface area contributed by atoms with Gasteiger partial charge in [-0.25, -0.2) is 4.79 Å². The molecule has 0 aromatic heterocycles. The van der Waals surface area contributed by atoms with Crippen LogP contribution in [0.15, 0.2) is 36.4 Å². The number of carboxylic acid groups (broad SMARTS) is 1. The maximum absolute atomic E-state index is 12.4. The Bertz CT molecular complexity index is 653. The minimum atomic E-state index is -0.963. The Morgan fingerprint density at radius 1 is 1.12 bits per heavy atom. The molecule has 1 aromatic carbocycles. The number of ether oxygens (including phenoxy) is 1. The Hall–Kier alpha value is -2.83. The van der Waals surface area contributed by atoms with Crippen molar-refractivity contribution in [2.45, 2.75) is 12.8 Å². The van der Waals surface area contributed by atoms with Gasteiger partial charge in [-0.1, -0.05) is 12.2 Å². The molecule has 1 aliphatic carbocycles. The van der Waals surface area contributed by atoms with E-state index in [9.17, 15) is 19.5 Å². The third-order valence-electron chi connectivity index (χ3n) is 4.06. The minimum Gasteiger partial charge on any atom is -0.481 e. The number of carbonyl (C=O) groups excluding carboxylic acids is 2. The standard InChI is InChI=1S/C17H20N2O5/c1-19(17(23)24-2)12-9-7-11(8-10-12)18-15(20)13-5-3-4-6-14(13)16(21)22/h3-4,7-10,13-14H,5-6H2,1-2H3,(H,18,20)(H,21,22)/t13-,14-/m1/s1. The molecule has 128 valence electrons. The number of hydrogen-bond acceptors (Lipinski definition) is 4. The van der Waals surface area contributed by atoms with Gasteiger partial charge in [-0.2, -0.15) is 0 Å². The van der Waals surface area contributed by atoms with Crippen LogP contribution < -0.4 is 10.2 Å². The number of allylic oxidation sites excluding steroid dienone is 2. The molecule has 2 amide bonds. The predicted octanol–water partition coefficient (Wildman–Crippen LogP) is 2.49. The number of nitrogens with zero attached hydrogens (tertiary/aromatic N) is 1. The van der Waals surface area contributed by atoms with E-state index in [2.05, 4.69) is 10.1 Å². The lowest BCUT2D eigenvalue weighted by Crippen LogP contribution is -2.34. The molecule has 1 aliphatic rings. The van der Waals surface area contributed by atoms with Crippen LogP contribution in [0.1, 0.15) is 12.8 Å². The lowest BCUT2D eigenvalue weighted by Gasteiger charge is -2.24. The van der Waals surface area contributed by atoms with E-state index in [0.717, 1.165) is 0 Å². The zero-order valence-electron chi connectivity index (χ0n) is 13.6. The van der Waals surface area contributed by atoms with Gasteiger partial charge in [-0.3, -0.25) is 14.5 Å². The molecule has 2 N–H and O–H groups in total. The van der Waals surface area contributed by atoms with Crippen molar-refractivity contribution in [2.24, 2.45) is 11.8 Å². The van der Waals surface area contributed by atoms with Gasteiger partial charge in [0.15, 0.2) is 0 Å². The highest BCUT2D eigenvalue weighted by Crippen LogP contribution is 2.27. The second-order valence-corrected chi connectivity index (χ2v) is 5.56. The number of hydrogen-bond donors (Lipinski definition) is 2. The van der Waals surface area contributed by atoms with Gasteiger partial charge in [0.25, 0.3) is 0 Å². The highest BCUT2D eigenvalue weighted by Gasteiger charge is 2.33. The number of benzene rings is 1. The zero-order chi connectivity index (χ0) is 17.7. The predicted molar refractivity (Wildman–Crippen MR) is 88.9 cm³/mol. The van der Waals surface area contributed by atoms with E-state index in [1.807, 2.05) is 6.08 Å². The van der Waals surface area contributed by atoms with E-state index in [1.54, 1.807) is 37.4 Å². The van der Waals surface area contributed by atoms with Crippen molar-refractivity contribution < 1.29 is 24.2 Å². The Kier molecular flexibility index (Phi) is 5.57. The van der Waals surface area contributed by atoms with Crippen LogP contribution in [-0.2, 0) is 14.3 Å². The number of rotatable bonds is 4. The molecule has 0 bridgehead atoms. The van der Waals surface area contributed by atoms with Gasteiger partial charge in [0.1, 0.15) is 0 Å². The van der Waals surface area contributed by atoms with Crippen molar-refractivity contribution in [3.63, 3.8) is 0 Å². The number of carboxylic acids is 1. The van der Waals surface area contributed by atoms with Gasteiger partial charge in [-0.05, 0) is 37.1 Å². The minimum absolute atomic E-state index is 0.319. The molecule has 0 heterocycles. The molecule has 2 atom stereocenters. The lowest BCUT2D eigenvalue weighted by atomic mass is 9.82. The molecule has 7 heteroatoms. The molecule has 2 rings (SSSR count). The monoisotopic (exact) mass is 332 g/mol. The van der Waals surface area contributed by atoms with Crippen LogP contribution in [-0.4, -0.2) is 37.2 Å². The average molecular weight is 332 g/mol. The van der Waals surface area contributed by atoms with Crippen molar-refractivity contribution >= 4 is 29.3 Å². The van der Waals surface area contributed by atoms with E-state index < -0.39 is 23.9 Å². The van der Waals surface area contributed by atoms with Gasteiger partial charge < -0.3 is 15.2 Å². The Labute approximate surface area is 139 Å². The third kappa shape index (κ3) is 3.92. The van der Waals surface area contributed by atoms with Crippen molar-refractivity contribution in [1.82, 2.24) is 0 Å². The largest absolute Gasteiger partial charge is 0.481 e. The first-order valence-electron chi connectivity index (χ1n) is 7.54. The number of methoxy groups -OCH3 is 1. The van der Waals surface area contributed by atoms with E-state index in [-0.39, 0.29) is 5.91 Å². The summed E-state index contributed by atoms with van der Waals surface area (Å²) in [6, 6.07) is 6.65. The third-order valence-corrected chi connectivity index (χ3v) is 4.06. The fourth-order valence-electron chi connectivity index (χ4n) is 2.62. The molecular formula is C17H20N2O5. The van der Waals surface area contributed by atoms with E-state index in [0.29, 0.717) is 24.2 Å². The first-order chi connectivity index (χ1) is 11.4. The number of carbonyl (C=O) groups is 3. The summed E-state index contributed by atoms with van der Waals surface area (Å²) in [7, 11) is 2.87. The second-order valence-electron chi connectivity index (χ2n) is 5.56. The molecule has 0 saturated carbocycles. The summed E-state index contributed by atoms with van der Waals surface area (Å²) < 4.78 is 4.63. The first-order valence-corrected chi connectivity index (χ1v) is 7.54. The van der Waals surface area contributed by atoms with Crippen molar-refractivity contribution in [3.05, 3.63) is 36.4 Å². The molecule has 0 spiro atoms. The number of nitrogens with one attached hydrogen (secondary N) is 1. The first kappa shape index (κ1) is 17.5.